The lowest BCUT2D eigenvalue weighted by atomic mass is 10.0. The largest absolute Gasteiger partial charge is 0.475 e. The van der Waals surface area contributed by atoms with Crippen LogP contribution in [0.1, 0.15) is 11.1 Å². The Labute approximate surface area is 145 Å². The van der Waals surface area contributed by atoms with Gasteiger partial charge in [-0.3, -0.25) is 4.98 Å². The molecule has 0 spiro atoms. The summed E-state index contributed by atoms with van der Waals surface area (Å²) in [4.78, 5) is 4.21. The minimum Gasteiger partial charge on any atom is -0.475 e. The number of hydrogen-bond acceptors (Lipinski definition) is 6. The molecule has 4 atom stereocenters. The van der Waals surface area contributed by atoms with Crippen LogP contribution in [0.5, 0.6) is 5.75 Å². The molecule has 128 valence electrons. The molecule has 3 rings (SSSR count). The standard InChI is InChI=1S/C18H21NO4S/c1-10-3-4-12(5-11(10)2)13-6-14(8-19-7-13)23-18-17(22)16(21)15(20)9-24-18/h3-8,15-18,20-22H,9H2,1-2H3/t15-,16+,17-,18+/m1/s1. The number of aromatic nitrogens is 1. The van der Waals surface area contributed by atoms with Crippen molar-refractivity contribution in [3.8, 4) is 16.9 Å². The van der Waals surface area contributed by atoms with Crippen molar-refractivity contribution in [1.29, 1.82) is 0 Å². The van der Waals surface area contributed by atoms with Crippen LogP contribution in [0.4, 0.5) is 0 Å². The lowest BCUT2D eigenvalue weighted by molar-refractivity contribution is -0.0786. The quantitative estimate of drug-likeness (QED) is 0.787. The predicted octanol–water partition coefficient (Wildman–Crippen LogP) is 1.90. The maximum Gasteiger partial charge on any atom is 0.173 e. The van der Waals surface area contributed by atoms with Gasteiger partial charge in [0.15, 0.2) is 5.44 Å². The van der Waals surface area contributed by atoms with Gasteiger partial charge >= 0.3 is 0 Å². The van der Waals surface area contributed by atoms with Crippen molar-refractivity contribution in [2.45, 2.75) is 37.6 Å². The number of nitrogens with zero attached hydrogens (tertiary/aromatic N) is 1. The van der Waals surface area contributed by atoms with Crippen molar-refractivity contribution in [1.82, 2.24) is 4.98 Å². The molecule has 6 heteroatoms. The second-order valence-corrected chi connectivity index (χ2v) is 7.21. The number of pyridine rings is 1. The third-order valence-electron chi connectivity index (χ3n) is 4.26. The normalized spacial score (nSPS) is 27.0. The Bertz CT molecular complexity index is 724. The van der Waals surface area contributed by atoms with Crippen molar-refractivity contribution >= 4 is 11.8 Å². The van der Waals surface area contributed by atoms with Gasteiger partial charge in [0.25, 0.3) is 0 Å². The summed E-state index contributed by atoms with van der Waals surface area (Å²) in [6.07, 6.45) is 0.0518. The summed E-state index contributed by atoms with van der Waals surface area (Å²) in [7, 11) is 0. The van der Waals surface area contributed by atoms with Crippen molar-refractivity contribution in [2.75, 3.05) is 5.75 Å². The van der Waals surface area contributed by atoms with Crippen molar-refractivity contribution in [2.24, 2.45) is 0 Å². The van der Waals surface area contributed by atoms with Gasteiger partial charge < -0.3 is 20.1 Å². The second kappa shape index (κ2) is 7.11. The van der Waals surface area contributed by atoms with Gasteiger partial charge in [-0.2, -0.15) is 0 Å². The van der Waals surface area contributed by atoms with Crippen LogP contribution in [0.2, 0.25) is 0 Å². The van der Waals surface area contributed by atoms with E-state index in [1.807, 2.05) is 12.1 Å². The van der Waals surface area contributed by atoms with Crippen LogP contribution in [-0.4, -0.2) is 49.8 Å². The monoisotopic (exact) mass is 347 g/mol. The molecule has 0 radical (unpaired) electrons. The predicted molar refractivity (Wildman–Crippen MR) is 94.0 cm³/mol. The first-order valence-corrected chi connectivity index (χ1v) is 8.85. The molecule has 2 heterocycles. The molecule has 1 aliphatic rings. The molecule has 2 aromatic rings. The molecular weight excluding hydrogens is 326 g/mol. The Morgan fingerprint density at radius 1 is 1.00 bits per heavy atom. The number of aliphatic hydroxyl groups is 3. The maximum absolute atomic E-state index is 10.0. The van der Waals surface area contributed by atoms with Crippen LogP contribution >= 0.6 is 11.8 Å². The number of rotatable bonds is 3. The summed E-state index contributed by atoms with van der Waals surface area (Å²) in [5, 5.41) is 29.4. The third-order valence-corrected chi connectivity index (χ3v) is 5.50. The molecule has 0 bridgehead atoms. The molecule has 24 heavy (non-hydrogen) atoms. The summed E-state index contributed by atoms with van der Waals surface area (Å²) in [6, 6.07) is 8.06. The summed E-state index contributed by atoms with van der Waals surface area (Å²) in [6.45, 7) is 4.13. The SMILES string of the molecule is Cc1ccc(-c2cncc(O[C@H]3SC[C@@H](O)[C@H](O)[C@H]3O)c2)cc1C. The molecule has 1 aromatic heterocycles. The van der Waals surface area contributed by atoms with E-state index in [4.69, 9.17) is 4.74 Å². The smallest absolute Gasteiger partial charge is 0.173 e. The van der Waals surface area contributed by atoms with Gasteiger partial charge in [-0.1, -0.05) is 18.2 Å². The van der Waals surface area contributed by atoms with Gasteiger partial charge in [0, 0.05) is 17.5 Å². The zero-order valence-electron chi connectivity index (χ0n) is 13.6. The number of benzene rings is 1. The minimum absolute atomic E-state index is 0.313. The molecule has 1 fully saturated rings. The number of ether oxygens (including phenoxy) is 1. The van der Waals surface area contributed by atoms with Crippen LogP contribution in [0.15, 0.2) is 36.7 Å². The van der Waals surface area contributed by atoms with E-state index in [1.165, 1.54) is 22.9 Å². The Morgan fingerprint density at radius 3 is 2.54 bits per heavy atom. The third kappa shape index (κ3) is 3.57. The number of hydrogen-bond donors (Lipinski definition) is 3. The first-order chi connectivity index (χ1) is 11.5. The van der Waals surface area contributed by atoms with Crippen LogP contribution in [-0.2, 0) is 0 Å². The molecule has 0 unspecified atom stereocenters. The fourth-order valence-corrected chi connectivity index (χ4v) is 3.70. The Kier molecular flexibility index (Phi) is 5.10. The lowest BCUT2D eigenvalue weighted by Gasteiger charge is -2.34. The summed E-state index contributed by atoms with van der Waals surface area (Å²) < 4.78 is 5.78. The number of aliphatic hydroxyl groups excluding tert-OH is 3. The van der Waals surface area contributed by atoms with Gasteiger partial charge in [-0.05, 0) is 36.6 Å². The molecule has 1 saturated heterocycles. The van der Waals surface area contributed by atoms with E-state index < -0.39 is 23.7 Å². The Balaban J connectivity index is 1.79. The van der Waals surface area contributed by atoms with Gasteiger partial charge in [0.1, 0.15) is 18.0 Å². The molecule has 0 saturated carbocycles. The highest BCUT2D eigenvalue weighted by molar-refractivity contribution is 7.99. The first-order valence-electron chi connectivity index (χ1n) is 7.81. The van der Waals surface area contributed by atoms with E-state index in [1.54, 1.807) is 12.4 Å². The zero-order valence-corrected chi connectivity index (χ0v) is 14.4. The number of thioether (sulfide) groups is 1. The fraction of sp³-hybridized carbons (Fsp3) is 0.389. The second-order valence-electron chi connectivity index (χ2n) is 6.08. The highest BCUT2D eigenvalue weighted by Crippen LogP contribution is 2.31. The van der Waals surface area contributed by atoms with E-state index >= 15 is 0 Å². The highest BCUT2D eigenvalue weighted by atomic mass is 32.2. The molecule has 0 amide bonds. The summed E-state index contributed by atoms with van der Waals surface area (Å²) in [5.41, 5.74) is 3.76. The van der Waals surface area contributed by atoms with Crippen LogP contribution < -0.4 is 4.74 Å². The van der Waals surface area contributed by atoms with Crippen molar-refractivity contribution < 1.29 is 20.1 Å². The molecule has 3 N–H and O–H groups in total. The molecule has 5 nitrogen and oxygen atoms in total. The van der Waals surface area contributed by atoms with Crippen LogP contribution in [0.25, 0.3) is 11.1 Å². The topological polar surface area (TPSA) is 82.8 Å². The maximum atomic E-state index is 10.0. The van der Waals surface area contributed by atoms with E-state index in [0.717, 1.165) is 11.1 Å². The zero-order chi connectivity index (χ0) is 17.3. The van der Waals surface area contributed by atoms with E-state index in [0.29, 0.717) is 11.5 Å². The van der Waals surface area contributed by atoms with Crippen molar-refractivity contribution in [3.63, 3.8) is 0 Å². The summed E-state index contributed by atoms with van der Waals surface area (Å²) >= 11 is 1.27. The van der Waals surface area contributed by atoms with Crippen molar-refractivity contribution in [3.05, 3.63) is 47.8 Å². The summed E-state index contributed by atoms with van der Waals surface area (Å²) in [5.74, 6) is 0.832. The Hall–Kier alpha value is -1.60. The van der Waals surface area contributed by atoms with E-state index in [9.17, 15) is 15.3 Å². The van der Waals surface area contributed by atoms with E-state index in [-0.39, 0.29) is 0 Å². The molecule has 1 aromatic carbocycles. The fourth-order valence-electron chi connectivity index (χ4n) is 2.58. The average Bonchev–Trinajstić information content (AvgIpc) is 2.58. The highest BCUT2D eigenvalue weighted by Gasteiger charge is 2.38. The van der Waals surface area contributed by atoms with Crippen LogP contribution in [0, 0.1) is 13.8 Å². The molecular formula is C18H21NO4S. The number of aryl methyl sites for hydroxylation is 2. The molecule has 0 aliphatic carbocycles. The van der Waals surface area contributed by atoms with Gasteiger partial charge in [-0.15, -0.1) is 11.8 Å². The first kappa shape index (κ1) is 17.2. The van der Waals surface area contributed by atoms with Gasteiger partial charge in [0.05, 0.1) is 12.3 Å². The van der Waals surface area contributed by atoms with Crippen LogP contribution in [0.3, 0.4) is 0 Å². The lowest BCUT2D eigenvalue weighted by Crippen LogP contribution is -2.50. The average molecular weight is 347 g/mol. The minimum atomic E-state index is -1.20. The van der Waals surface area contributed by atoms with E-state index in [2.05, 4.69) is 31.0 Å². The Morgan fingerprint density at radius 2 is 1.79 bits per heavy atom. The van der Waals surface area contributed by atoms with Gasteiger partial charge in [0.2, 0.25) is 0 Å². The molecule has 1 aliphatic heterocycles. The van der Waals surface area contributed by atoms with Gasteiger partial charge in [-0.25, -0.2) is 0 Å².